The average molecular weight is 300 g/mol. The molecule has 0 aliphatic heterocycles. The van der Waals surface area contributed by atoms with Crippen LogP contribution in [0.2, 0.25) is 0 Å². The Hall–Kier alpha value is -1.97. The van der Waals surface area contributed by atoms with E-state index in [0.29, 0.717) is 5.56 Å². The molecule has 3 aromatic rings. The predicted octanol–water partition coefficient (Wildman–Crippen LogP) is 4.23. The summed E-state index contributed by atoms with van der Waals surface area (Å²) in [4.78, 5) is 7.41. The van der Waals surface area contributed by atoms with E-state index in [1.165, 1.54) is 11.9 Å². The Morgan fingerprint density at radius 2 is 2.25 bits per heavy atom. The van der Waals surface area contributed by atoms with Gasteiger partial charge in [0.15, 0.2) is 0 Å². The SMILES string of the molecule is Cc1ncc(SNc2ccc(C)c3c(C#N)c[nH]c23)s1. The van der Waals surface area contributed by atoms with E-state index in [4.69, 9.17) is 5.26 Å². The Morgan fingerprint density at radius 3 is 2.95 bits per heavy atom. The lowest BCUT2D eigenvalue weighted by Gasteiger charge is -2.07. The summed E-state index contributed by atoms with van der Waals surface area (Å²) < 4.78 is 4.44. The van der Waals surface area contributed by atoms with Gasteiger partial charge in [-0.2, -0.15) is 5.26 Å². The van der Waals surface area contributed by atoms with Crippen LogP contribution in [0.25, 0.3) is 10.9 Å². The predicted molar refractivity (Wildman–Crippen MR) is 84.1 cm³/mol. The molecule has 3 rings (SSSR count). The van der Waals surface area contributed by atoms with Gasteiger partial charge in [0, 0.05) is 11.6 Å². The summed E-state index contributed by atoms with van der Waals surface area (Å²) in [5, 5.41) is 11.2. The van der Waals surface area contributed by atoms with Gasteiger partial charge in [0.25, 0.3) is 0 Å². The van der Waals surface area contributed by atoms with Crippen molar-refractivity contribution in [3.8, 4) is 6.07 Å². The highest BCUT2D eigenvalue weighted by Gasteiger charge is 2.10. The number of hydrogen-bond donors (Lipinski definition) is 2. The van der Waals surface area contributed by atoms with Gasteiger partial charge in [-0.1, -0.05) is 6.07 Å². The van der Waals surface area contributed by atoms with E-state index >= 15 is 0 Å². The first-order valence-corrected chi connectivity index (χ1v) is 7.68. The topological polar surface area (TPSA) is 64.5 Å². The normalized spacial score (nSPS) is 10.7. The van der Waals surface area contributed by atoms with Crippen LogP contribution in [-0.4, -0.2) is 9.97 Å². The molecule has 2 N–H and O–H groups in total. The van der Waals surface area contributed by atoms with E-state index in [1.54, 1.807) is 17.5 Å². The fraction of sp³-hybridized carbons (Fsp3) is 0.143. The van der Waals surface area contributed by atoms with Crippen molar-refractivity contribution >= 4 is 39.9 Å². The molecule has 4 nitrogen and oxygen atoms in total. The maximum absolute atomic E-state index is 9.15. The molecule has 100 valence electrons. The Balaban J connectivity index is 1.94. The Morgan fingerprint density at radius 1 is 1.40 bits per heavy atom. The number of thiazole rings is 1. The zero-order chi connectivity index (χ0) is 14.1. The maximum Gasteiger partial charge on any atom is 0.101 e. The number of aromatic amines is 1. The highest BCUT2D eigenvalue weighted by Crippen LogP contribution is 2.32. The number of fused-ring (bicyclic) bond motifs is 1. The van der Waals surface area contributed by atoms with Crippen molar-refractivity contribution < 1.29 is 0 Å². The number of rotatable bonds is 3. The monoisotopic (exact) mass is 300 g/mol. The standard InChI is InChI=1S/C14H12N4S2/c1-8-3-4-11(14-13(8)10(5-15)6-17-14)18-20-12-7-16-9(2)19-12/h3-4,6-7,17-18H,1-2H3. The summed E-state index contributed by atoms with van der Waals surface area (Å²) >= 11 is 3.19. The number of hydrogen-bond acceptors (Lipinski definition) is 5. The van der Waals surface area contributed by atoms with Crippen molar-refractivity contribution in [2.75, 3.05) is 4.72 Å². The van der Waals surface area contributed by atoms with Crippen LogP contribution in [0, 0.1) is 25.2 Å². The summed E-state index contributed by atoms with van der Waals surface area (Å²) in [6.07, 6.45) is 3.61. The van der Waals surface area contributed by atoms with Crippen LogP contribution >= 0.6 is 23.3 Å². The number of H-pyrrole nitrogens is 1. The molecule has 0 amide bonds. The second-order valence-electron chi connectivity index (χ2n) is 4.40. The number of aryl methyl sites for hydroxylation is 2. The Bertz CT molecular complexity index is 810. The van der Waals surface area contributed by atoms with E-state index in [-0.39, 0.29) is 0 Å². The summed E-state index contributed by atoms with van der Waals surface area (Å²) in [6.45, 7) is 4.00. The van der Waals surface area contributed by atoms with Gasteiger partial charge in [-0.05, 0) is 37.4 Å². The molecule has 0 fully saturated rings. The number of aromatic nitrogens is 2. The Labute approximate surface area is 125 Å². The summed E-state index contributed by atoms with van der Waals surface area (Å²) in [5.41, 5.74) is 3.72. The highest BCUT2D eigenvalue weighted by molar-refractivity contribution is 8.02. The molecule has 0 aliphatic carbocycles. The first kappa shape index (κ1) is 13.0. The van der Waals surface area contributed by atoms with Crippen LogP contribution < -0.4 is 4.72 Å². The third-order valence-corrected chi connectivity index (χ3v) is 4.86. The third-order valence-electron chi connectivity index (χ3n) is 3.03. The van der Waals surface area contributed by atoms with Crippen LogP contribution in [0.1, 0.15) is 16.1 Å². The Kier molecular flexibility index (Phi) is 3.38. The number of nitrogens with zero attached hydrogens (tertiary/aromatic N) is 2. The van der Waals surface area contributed by atoms with Crippen molar-refractivity contribution in [2.24, 2.45) is 0 Å². The van der Waals surface area contributed by atoms with Crippen molar-refractivity contribution in [1.82, 2.24) is 9.97 Å². The second kappa shape index (κ2) is 5.19. The van der Waals surface area contributed by atoms with Gasteiger partial charge in [0.2, 0.25) is 0 Å². The van der Waals surface area contributed by atoms with Gasteiger partial charge < -0.3 is 9.71 Å². The minimum Gasteiger partial charge on any atom is -0.358 e. The molecule has 0 saturated heterocycles. The third kappa shape index (κ3) is 2.26. The van der Waals surface area contributed by atoms with E-state index in [1.807, 2.05) is 32.2 Å². The molecule has 0 unspecified atom stereocenters. The van der Waals surface area contributed by atoms with Crippen molar-refractivity contribution in [3.63, 3.8) is 0 Å². The van der Waals surface area contributed by atoms with Crippen molar-refractivity contribution in [1.29, 1.82) is 5.26 Å². The molecule has 2 heterocycles. The molecule has 0 aliphatic rings. The van der Waals surface area contributed by atoms with Crippen molar-refractivity contribution in [3.05, 3.63) is 40.7 Å². The molecular formula is C14H12N4S2. The smallest absolute Gasteiger partial charge is 0.101 e. The summed E-state index contributed by atoms with van der Waals surface area (Å²) in [6, 6.07) is 6.27. The largest absolute Gasteiger partial charge is 0.358 e. The molecule has 1 aromatic carbocycles. The van der Waals surface area contributed by atoms with Crippen LogP contribution in [0.5, 0.6) is 0 Å². The van der Waals surface area contributed by atoms with Gasteiger partial charge >= 0.3 is 0 Å². The number of anilines is 1. The van der Waals surface area contributed by atoms with Gasteiger partial charge in [-0.15, -0.1) is 11.3 Å². The van der Waals surface area contributed by atoms with Gasteiger partial charge in [0.1, 0.15) is 10.3 Å². The fourth-order valence-corrected chi connectivity index (χ4v) is 3.73. The molecule has 20 heavy (non-hydrogen) atoms. The van der Waals surface area contributed by atoms with Crippen molar-refractivity contribution in [2.45, 2.75) is 18.1 Å². The molecule has 0 bridgehead atoms. The van der Waals surface area contributed by atoms with Crippen LogP contribution in [-0.2, 0) is 0 Å². The van der Waals surface area contributed by atoms with Gasteiger partial charge in [-0.25, -0.2) is 4.98 Å². The molecule has 6 heteroatoms. The molecule has 0 atom stereocenters. The van der Waals surface area contributed by atoms with E-state index in [2.05, 4.69) is 20.8 Å². The fourth-order valence-electron chi connectivity index (χ4n) is 2.09. The highest BCUT2D eigenvalue weighted by atomic mass is 32.2. The van der Waals surface area contributed by atoms with E-state index in [0.717, 1.165) is 31.4 Å². The van der Waals surface area contributed by atoms with Crippen LogP contribution in [0.4, 0.5) is 5.69 Å². The van der Waals surface area contributed by atoms with Crippen LogP contribution in [0.3, 0.4) is 0 Å². The summed E-state index contributed by atoms with van der Waals surface area (Å²) in [7, 11) is 0. The second-order valence-corrected chi connectivity index (χ2v) is 6.74. The zero-order valence-electron chi connectivity index (χ0n) is 11.0. The number of nitriles is 1. The quantitative estimate of drug-likeness (QED) is 0.710. The molecular weight excluding hydrogens is 288 g/mol. The average Bonchev–Trinajstić information content (AvgIpc) is 3.05. The number of benzene rings is 1. The van der Waals surface area contributed by atoms with Crippen LogP contribution in [0.15, 0.2) is 28.7 Å². The first-order valence-electron chi connectivity index (χ1n) is 6.05. The maximum atomic E-state index is 9.15. The van der Waals surface area contributed by atoms with E-state index in [9.17, 15) is 0 Å². The molecule has 0 spiro atoms. The summed E-state index contributed by atoms with van der Waals surface area (Å²) in [5.74, 6) is 0. The van der Waals surface area contributed by atoms with Gasteiger partial charge in [-0.3, -0.25) is 0 Å². The first-order chi connectivity index (χ1) is 9.69. The van der Waals surface area contributed by atoms with E-state index < -0.39 is 0 Å². The molecule has 0 saturated carbocycles. The van der Waals surface area contributed by atoms with Gasteiger partial charge in [0.05, 0.1) is 28.0 Å². The zero-order valence-corrected chi connectivity index (χ0v) is 12.7. The minimum absolute atomic E-state index is 0.680. The lowest BCUT2D eigenvalue weighted by atomic mass is 10.1. The minimum atomic E-state index is 0.680. The lowest BCUT2D eigenvalue weighted by Crippen LogP contribution is -1.88. The molecule has 0 radical (unpaired) electrons. The number of nitrogens with one attached hydrogen (secondary N) is 2. The molecule has 2 aromatic heterocycles. The lowest BCUT2D eigenvalue weighted by molar-refractivity contribution is 1.28.